The molecule has 4 heterocycles. The molecule has 0 atom stereocenters. The molecular formula is C52H65N7O4. The number of aromatic nitrogens is 3. The molecule has 6 aromatic rings. The summed E-state index contributed by atoms with van der Waals surface area (Å²) in [5.41, 5.74) is 12.1. The summed E-state index contributed by atoms with van der Waals surface area (Å²) in [6.45, 7) is 11.9. The minimum Gasteiger partial charge on any atom is -0.461 e. The van der Waals surface area contributed by atoms with Gasteiger partial charge in [-0.3, -0.25) is 0 Å². The highest BCUT2D eigenvalue weighted by Crippen LogP contribution is 2.31. The summed E-state index contributed by atoms with van der Waals surface area (Å²) in [5.74, 6) is 0.309. The summed E-state index contributed by atoms with van der Waals surface area (Å²) in [7, 11) is 0. The highest BCUT2D eigenvalue weighted by molar-refractivity contribution is 5.89. The van der Waals surface area contributed by atoms with E-state index in [4.69, 9.17) is 19.9 Å². The molecule has 2 aromatic heterocycles. The van der Waals surface area contributed by atoms with Crippen molar-refractivity contribution < 1.29 is 19.0 Å². The Hall–Kier alpha value is -5.43. The highest BCUT2D eigenvalue weighted by atomic mass is 16.5. The lowest BCUT2D eigenvalue weighted by atomic mass is 10.00. The zero-order valence-electron chi connectivity index (χ0n) is 37.1. The van der Waals surface area contributed by atoms with Crippen molar-refractivity contribution >= 4 is 17.4 Å². The summed E-state index contributed by atoms with van der Waals surface area (Å²) < 4.78 is 20.0. The molecule has 2 fully saturated rings. The van der Waals surface area contributed by atoms with Gasteiger partial charge in [0.25, 0.3) is 0 Å². The number of carbonyl (C=O) groups excluding carboxylic acids is 1. The smallest absolute Gasteiger partial charge is 0.358 e. The number of nitrogens with two attached hydrogens (primary N) is 1. The van der Waals surface area contributed by atoms with Crippen LogP contribution in [-0.2, 0) is 14.2 Å². The highest BCUT2D eigenvalue weighted by Gasteiger charge is 2.26. The van der Waals surface area contributed by atoms with Gasteiger partial charge in [-0.15, -0.1) is 5.10 Å². The van der Waals surface area contributed by atoms with E-state index in [2.05, 4.69) is 134 Å². The van der Waals surface area contributed by atoms with Crippen molar-refractivity contribution in [1.82, 2.24) is 24.4 Å². The number of aryl methyl sites for hydroxylation is 1. The Kier molecular flexibility index (Phi) is 17.3. The van der Waals surface area contributed by atoms with E-state index in [-0.39, 0.29) is 18.3 Å². The third-order valence-electron chi connectivity index (χ3n) is 11.9. The van der Waals surface area contributed by atoms with Crippen molar-refractivity contribution in [2.75, 3.05) is 64.3 Å². The van der Waals surface area contributed by atoms with Crippen LogP contribution in [0.2, 0.25) is 0 Å². The molecule has 0 amide bonds. The topological polar surface area (TPSA) is 119 Å². The maximum Gasteiger partial charge on any atom is 0.358 e. The lowest BCUT2D eigenvalue weighted by molar-refractivity contribution is -0.0270. The van der Waals surface area contributed by atoms with Crippen LogP contribution in [0.25, 0.3) is 5.65 Å². The quantitative estimate of drug-likeness (QED) is 0.0641. The van der Waals surface area contributed by atoms with Crippen LogP contribution in [0, 0.1) is 6.92 Å². The van der Waals surface area contributed by atoms with Crippen molar-refractivity contribution in [2.45, 2.75) is 76.8 Å². The van der Waals surface area contributed by atoms with Crippen LogP contribution in [0.4, 0.5) is 5.82 Å². The van der Waals surface area contributed by atoms with E-state index in [9.17, 15) is 4.79 Å². The molecule has 0 radical (unpaired) electrons. The van der Waals surface area contributed by atoms with E-state index in [0.717, 1.165) is 90.9 Å². The number of likely N-dealkylation sites (tertiary alicyclic amines) is 2. The molecule has 8 rings (SSSR count). The van der Waals surface area contributed by atoms with Crippen molar-refractivity contribution in [2.24, 2.45) is 5.73 Å². The summed E-state index contributed by atoms with van der Waals surface area (Å²) in [6, 6.07) is 45.9. The van der Waals surface area contributed by atoms with Crippen LogP contribution in [0.15, 0.2) is 133 Å². The van der Waals surface area contributed by atoms with Gasteiger partial charge in [0.2, 0.25) is 0 Å². The van der Waals surface area contributed by atoms with E-state index >= 15 is 0 Å². The van der Waals surface area contributed by atoms with Gasteiger partial charge in [-0.1, -0.05) is 121 Å². The maximum absolute atomic E-state index is 12.4. The van der Waals surface area contributed by atoms with Crippen LogP contribution in [0.1, 0.15) is 96.1 Å². The van der Waals surface area contributed by atoms with Crippen LogP contribution < -0.4 is 11.1 Å². The predicted octanol–water partition coefficient (Wildman–Crippen LogP) is 8.89. The standard InChI is InChI=1S/C31H37N5O3.C21H28N2O/c1-3-38-31(37)29-23(2)33-28-16-15-27(34-36(28)29)32-19-10-20-35-21-17-26(18-22-35)39-30(24-11-6-4-7-12-24)25-13-8-5-9-14-25;22-14-7-15-23-16-12-20(13-17-23)24-21(18-8-3-1-4-9-18)19-10-5-2-6-11-19/h4-9,11-16,26,30H,3,10,17-22H2,1-2H3,(H,32,34);1-6,8-11,20-21H,7,12-17,22H2. The summed E-state index contributed by atoms with van der Waals surface area (Å²) >= 11 is 0. The number of nitrogens with one attached hydrogen (secondary N) is 1. The number of imidazole rings is 1. The second-order valence-electron chi connectivity index (χ2n) is 16.4. The number of hydrogen-bond acceptors (Lipinski definition) is 10. The van der Waals surface area contributed by atoms with Gasteiger partial charge < -0.3 is 35.1 Å². The van der Waals surface area contributed by atoms with Gasteiger partial charge in [-0.2, -0.15) is 0 Å². The molecule has 2 saturated heterocycles. The van der Waals surface area contributed by atoms with Crippen LogP contribution in [0.5, 0.6) is 0 Å². The molecule has 2 aliphatic rings. The Morgan fingerprint density at radius 1 is 0.667 bits per heavy atom. The number of fused-ring (bicyclic) bond motifs is 1. The van der Waals surface area contributed by atoms with Gasteiger partial charge >= 0.3 is 5.97 Å². The van der Waals surface area contributed by atoms with Crippen molar-refractivity contribution in [3.8, 4) is 0 Å². The van der Waals surface area contributed by atoms with Gasteiger partial charge in [-0.25, -0.2) is 14.3 Å². The number of hydrogen-bond donors (Lipinski definition) is 2. The number of benzene rings is 4. The first-order chi connectivity index (χ1) is 31.0. The second-order valence-corrected chi connectivity index (χ2v) is 16.4. The van der Waals surface area contributed by atoms with E-state index in [1.807, 2.05) is 24.3 Å². The molecule has 0 saturated carbocycles. The minimum atomic E-state index is -0.404. The number of anilines is 1. The van der Waals surface area contributed by atoms with Gasteiger partial charge in [0.05, 0.1) is 24.5 Å². The number of piperidine rings is 2. The second kappa shape index (κ2) is 23.9. The number of carbonyl (C=O) groups is 1. The lowest BCUT2D eigenvalue weighted by Crippen LogP contribution is -2.38. The van der Waals surface area contributed by atoms with E-state index in [1.165, 1.54) is 22.3 Å². The van der Waals surface area contributed by atoms with Gasteiger partial charge in [-0.05, 0) is 106 Å². The summed E-state index contributed by atoms with van der Waals surface area (Å²) in [5, 5.41) is 7.97. The van der Waals surface area contributed by atoms with Crippen LogP contribution in [-0.4, -0.2) is 102 Å². The fourth-order valence-corrected chi connectivity index (χ4v) is 8.54. The average Bonchev–Trinajstić information content (AvgIpc) is 3.67. The number of ether oxygens (including phenoxy) is 3. The summed E-state index contributed by atoms with van der Waals surface area (Å²) in [4.78, 5) is 21.8. The van der Waals surface area contributed by atoms with Crippen molar-refractivity contribution in [3.63, 3.8) is 0 Å². The largest absolute Gasteiger partial charge is 0.461 e. The van der Waals surface area contributed by atoms with Gasteiger partial charge in [0.15, 0.2) is 11.3 Å². The number of esters is 1. The van der Waals surface area contributed by atoms with Gasteiger partial charge in [0, 0.05) is 32.7 Å². The Balaban J connectivity index is 0.000000212. The maximum atomic E-state index is 12.4. The zero-order chi connectivity index (χ0) is 43.6. The third kappa shape index (κ3) is 13.1. The van der Waals surface area contributed by atoms with E-state index in [0.29, 0.717) is 35.6 Å². The third-order valence-corrected chi connectivity index (χ3v) is 11.9. The molecule has 0 bridgehead atoms. The SMILES string of the molecule is CCOC(=O)c1c(C)nc2ccc(NCCCN3CCC(OC(c4ccccc4)c4ccccc4)CC3)nn12.NCCCN1CCC(OC(c2ccccc2)c2ccccc2)CC1. The minimum absolute atomic E-state index is 0.0213. The molecule has 0 unspecified atom stereocenters. The summed E-state index contributed by atoms with van der Waals surface area (Å²) in [6.07, 6.45) is 6.88. The van der Waals surface area contributed by atoms with Crippen LogP contribution >= 0.6 is 0 Å². The molecule has 0 spiro atoms. The fraction of sp³-hybridized carbons (Fsp3) is 0.404. The first-order valence-corrected chi connectivity index (χ1v) is 22.9. The molecule has 11 nitrogen and oxygen atoms in total. The van der Waals surface area contributed by atoms with Crippen molar-refractivity contribution in [1.29, 1.82) is 0 Å². The first-order valence-electron chi connectivity index (χ1n) is 22.9. The Morgan fingerprint density at radius 3 is 1.54 bits per heavy atom. The van der Waals surface area contributed by atoms with Gasteiger partial charge in [0.1, 0.15) is 18.0 Å². The normalized spacial score (nSPS) is 15.4. The zero-order valence-corrected chi connectivity index (χ0v) is 37.1. The van der Waals surface area contributed by atoms with Crippen molar-refractivity contribution in [3.05, 3.63) is 167 Å². The van der Waals surface area contributed by atoms with E-state index < -0.39 is 5.97 Å². The average molecular weight is 852 g/mol. The first kappa shape index (κ1) is 45.6. The van der Waals surface area contributed by atoms with E-state index in [1.54, 1.807) is 18.4 Å². The molecule has 11 heteroatoms. The molecule has 0 aliphatic carbocycles. The molecule has 332 valence electrons. The Labute approximate surface area is 373 Å². The molecule has 63 heavy (non-hydrogen) atoms. The molecule has 2 aliphatic heterocycles. The number of nitrogens with zero attached hydrogens (tertiary/aromatic N) is 5. The molecular weight excluding hydrogens is 787 g/mol. The van der Waals surface area contributed by atoms with Crippen LogP contribution in [0.3, 0.4) is 0 Å². The monoisotopic (exact) mass is 852 g/mol. The Bertz CT molecular complexity index is 2150. The number of rotatable bonds is 18. The lowest BCUT2D eigenvalue weighted by Gasteiger charge is -2.34. The predicted molar refractivity (Wildman–Crippen MR) is 251 cm³/mol. The molecule has 3 N–H and O–H groups in total. The molecule has 4 aromatic carbocycles. The fourth-order valence-electron chi connectivity index (χ4n) is 8.54. The Morgan fingerprint density at radius 2 is 1.11 bits per heavy atom.